The average Bonchev–Trinajstić information content (AvgIpc) is 2.59. The second kappa shape index (κ2) is 6.35. The monoisotopic (exact) mass is 272 g/mol. The van der Waals surface area contributed by atoms with Crippen molar-refractivity contribution in [1.29, 1.82) is 0 Å². The molecule has 1 aliphatic heterocycles. The van der Waals surface area contributed by atoms with Crippen molar-refractivity contribution in [2.75, 3.05) is 27.9 Å². The molecule has 6 nitrogen and oxygen atoms in total. The fraction of sp³-hybridized carbons (Fsp3) is 1.00. The van der Waals surface area contributed by atoms with Crippen LogP contribution in [0.3, 0.4) is 0 Å². The number of hydrogen-bond acceptors (Lipinski definition) is 7. The smallest absolute Gasteiger partial charge is 0.382 e. The van der Waals surface area contributed by atoms with Crippen molar-refractivity contribution in [3.63, 3.8) is 0 Å². The standard InChI is InChI=1S/C8H17O6PS/c1-10-5-7-6(4-8(16)13-7)14-15(9,11-2)12-3/h6-8,16H,4-5H2,1-3H3. The van der Waals surface area contributed by atoms with Crippen LogP contribution in [-0.2, 0) is 27.6 Å². The maximum Gasteiger partial charge on any atom is 0.474 e. The molecule has 0 aliphatic carbocycles. The Morgan fingerprint density at radius 1 is 1.38 bits per heavy atom. The van der Waals surface area contributed by atoms with Crippen LogP contribution in [0.2, 0.25) is 0 Å². The average molecular weight is 272 g/mol. The van der Waals surface area contributed by atoms with Gasteiger partial charge in [0, 0.05) is 27.8 Å². The number of hydrogen-bond donors (Lipinski definition) is 1. The molecule has 3 unspecified atom stereocenters. The van der Waals surface area contributed by atoms with E-state index in [1.807, 2.05) is 0 Å². The van der Waals surface area contributed by atoms with Gasteiger partial charge in [-0.1, -0.05) is 0 Å². The second-order valence-electron chi connectivity index (χ2n) is 3.28. The quantitative estimate of drug-likeness (QED) is 0.583. The molecule has 0 radical (unpaired) electrons. The Morgan fingerprint density at radius 3 is 2.50 bits per heavy atom. The molecule has 1 rings (SSSR count). The van der Waals surface area contributed by atoms with Gasteiger partial charge in [-0.05, 0) is 0 Å². The number of phosphoric ester groups is 1. The summed E-state index contributed by atoms with van der Waals surface area (Å²) in [5.74, 6) is 0. The fourth-order valence-corrected chi connectivity index (χ4v) is 2.68. The highest BCUT2D eigenvalue weighted by Gasteiger charge is 2.40. The van der Waals surface area contributed by atoms with Crippen molar-refractivity contribution >= 4 is 20.5 Å². The predicted octanol–water partition coefficient (Wildman–Crippen LogP) is 1.46. The first-order valence-corrected chi connectivity index (χ1v) is 6.74. The zero-order valence-corrected chi connectivity index (χ0v) is 11.3. The zero-order valence-electron chi connectivity index (χ0n) is 9.49. The second-order valence-corrected chi connectivity index (χ2v) is 5.69. The van der Waals surface area contributed by atoms with Gasteiger partial charge in [0.05, 0.1) is 6.61 Å². The van der Waals surface area contributed by atoms with E-state index in [0.717, 1.165) is 0 Å². The highest BCUT2D eigenvalue weighted by Crippen LogP contribution is 2.50. The molecule has 3 atom stereocenters. The minimum atomic E-state index is -3.49. The van der Waals surface area contributed by atoms with Crippen molar-refractivity contribution in [3.05, 3.63) is 0 Å². The van der Waals surface area contributed by atoms with Gasteiger partial charge < -0.3 is 9.47 Å². The summed E-state index contributed by atoms with van der Waals surface area (Å²) in [6, 6.07) is 0. The van der Waals surface area contributed by atoms with E-state index in [9.17, 15) is 4.57 Å². The molecule has 0 amide bonds. The van der Waals surface area contributed by atoms with Crippen molar-refractivity contribution < 1.29 is 27.6 Å². The maximum absolute atomic E-state index is 11.8. The van der Waals surface area contributed by atoms with E-state index in [2.05, 4.69) is 12.6 Å². The van der Waals surface area contributed by atoms with Crippen LogP contribution in [0, 0.1) is 0 Å². The minimum absolute atomic E-state index is 0.257. The van der Waals surface area contributed by atoms with Crippen LogP contribution in [-0.4, -0.2) is 45.6 Å². The summed E-state index contributed by atoms with van der Waals surface area (Å²) in [5.41, 5.74) is -0.257. The summed E-state index contributed by atoms with van der Waals surface area (Å²) in [6.45, 7) is 0.342. The van der Waals surface area contributed by atoms with Crippen LogP contribution in [0.4, 0.5) is 0 Å². The van der Waals surface area contributed by atoms with Crippen LogP contribution in [0.25, 0.3) is 0 Å². The first-order valence-electron chi connectivity index (χ1n) is 4.77. The van der Waals surface area contributed by atoms with Gasteiger partial charge in [-0.25, -0.2) is 4.57 Å². The van der Waals surface area contributed by atoms with Gasteiger partial charge in [0.15, 0.2) is 0 Å². The number of methoxy groups -OCH3 is 1. The summed E-state index contributed by atoms with van der Waals surface area (Å²) in [7, 11) is 0.602. The molecule has 1 saturated heterocycles. The van der Waals surface area contributed by atoms with Gasteiger partial charge in [-0.2, -0.15) is 0 Å². The van der Waals surface area contributed by atoms with E-state index in [-0.39, 0.29) is 11.5 Å². The Morgan fingerprint density at radius 2 is 2.00 bits per heavy atom. The Bertz CT molecular complexity index is 255. The number of rotatable bonds is 6. The van der Waals surface area contributed by atoms with E-state index in [1.165, 1.54) is 14.2 Å². The third-order valence-electron chi connectivity index (χ3n) is 2.22. The normalized spacial score (nSPS) is 30.9. The van der Waals surface area contributed by atoms with Crippen LogP contribution < -0.4 is 0 Å². The van der Waals surface area contributed by atoms with Gasteiger partial charge in [-0.15, -0.1) is 12.6 Å². The minimum Gasteiger partial charge on any atom is -0.382 e. The Balaban J connectivity index is 2.60. The molecule has 16 heavy (non-hydrogen) atoms. The molecule has 8 heteroatoms. The molecule has 0 saturated carbocycles. The van der Waals surface area contributed by atoms with E-state index in [0.29, 0.717) is 13.0 Å². The highest BCUT2D eigenvalue weighted by atomic mass is 32.1. The molecule has 1 heterocycles. The molecule has 1 aliphatic rings. The molecule has 0 aromatic rings. The van der Waals surface area contributed by atoms with Crippen molar-refractivity contribution in [1.82, 2.24) is 0 Å². The van der Waals surface area contributed by atoms with E-state index in [1.54, 1.807) is 7.11 Å². The topological polar surface area (TPSA) is 63.2 Å². The zero-order chi connectivity index (χ0) is 12.2. The highest BCUT2D eigenvalue weighted by molar-refractivity contribution is 7.80. The summed E-state index contributed by atoms with van der Waals surface area (Å²) in [4.78, 5) is 0. The third kappa shape index (κ3) is 3.70. The molecule has 0 aromatic carbocycles. The lowest BCUT2D eigenvalue weighted by atomic mass is 10.2. The first-order chi connectivity index (χ1) is 7.54. The Kier molecular flexibility index (Phi) is 5.73. The van der Waals surface area contributed by atoms with Gasteiger partial charge in [0.1, 0.15) is 17.6 Å². The largest absolute Gasteiger partial charge is 0.474 e. The van der Waals surface area contributed by atoms with Crippen LogP contribution >= 0.6 is 20.5 Å². The molecular weight excluding hydrogens is 255 g/mol. The molecule has 96 valence electrons. The molecule has 1 fully saturated rings. The van der Waals surface area contributed by atoms with Gasteiger partial charge >= 0.3 is 7.82 Å². The molecule has 0 N–H and O–H groups in total. The SMILES string of the molecule is COCC1OC(S)CC1OP(=O)(OC)OC. The molecule has 0 aromatic heterocycles. The van der Waals surface area contributed by atoms with Gasteiger partial charge in [-0.3, -0.25) is 13.6 Å². The van der Waals surface area contributed by atoms with Gasteiger partial charge in [0.2, 0.25) is 0 Å². The van der Waals surface area contributed by atoms with E-state index < -0.39 is 13.9 Å². The van der Waals surface area contributed by atoms with Crippen LogP contribution in [0.1, 0.15) is 6.42 Å². The van der Waals surface area contributed by atoms with Crippen LogP contribution in [0.5, 0.6) is 0 Å². The molecular formula is C8H17O6PS. The number of ether oxygens (including phenoxy) is 2. The van der Waals surface area contributed by atoms with Crippen LogP contribution in [0.15, 0.2) is 0 Å². The van der Waals surface area contributed by atoms with Crippen molar-refractivity contribution in [2.24, 2.45) is 0 Å². The third-order valence-corrected chi connectivity index (χ3v) is 3.98. The lowest BCUT2D eigenvalue weighted by Gasteiger charge is -2.21. The summed E-state index contributed by atoms with van der Waals surface area (Å²) in [6.07, 6.45) is -0.215. The Hall–Kier alpha value is 0.380. The summed E-state index contributed by atoms with van der Waals surface area (Å²) < 4.78 is 36.9. The lowest BCUT2D eigenvalue weighted by Crippen LogP contribution is -2.28. The summed E-state index contributed by atoms with van der Waals surface area (Å²) in [5, 5.41) is 0. The fourth-order valence-electron chi connectivity index (χ4n) is 1.44. The summed E-state index contributed by atoms with van der Waals surface area (Å²) >= 11 is 4.18. The van der Waals surface area contributed by atoms with Gasteiger partial charge in [0.25, 0.3) is 0 Å². The first kappa shape index (κ1) is 14.4. The van der Waals surface area contributed by atoms with Crippen molar-refractivity contribution in [3.8, 4) is 0 Å². The van der Waals surface area contributed by atoms with E-state index in [4.69, 9.17) is 23.0 Å². The predicted molar refractivity (Wildman–Crippen MR) is 60.6 cm³/mol. The maximum atomic E-state index is 11.8. The molecule has 0 bridgehead atoms. The molecule has 0 spiro atoms. The Labute approximate surface area is 101 Å². The lowest BCUT2D eigenvalue weighted by molar-refractivity contribution is -0.0182. The number of thiol groups is 1. The number of phosphoric acid groups is 1. The van der Waals surface area contributed by atoms with E-state index >= 15 is 0 Å². The van der Waals surface area contributed by atoms with Crippen molar-refractivity contribution in [2.45, 2.75) is 24.1 Å².